The second-order valence-corrected chi connectivity index (χ2v) is 4.05. The smallest absolute Gasteiger partial charge is 0.159 e. The predicted octanol–water partition coefficient (Wildman–Crippen LogP) is 0.0944. The molecule has 0 saturated carbocycles. The first-order chi connectivity index (χ1) is 5.68. The molecule has 0 fully saturated rings. The minimum Gasteiger partial charge on any atom is -0.396 e. The average Bonchev–Trinajstić information content (AvgIpc) is 2.04. The molecule has 4 nitrogen and oxygen atoms in total. The van der Waals surface area contributed by atoms with E-state index in [0.717, 1.165) is 0 Å². The van der Waals surface area contributed by atoms with Crippen LogP contribution in [0.25, 0.3) is 0 Å². The monoisotopic (exact) mass is 194 g/mol. The van der Waals surface area contributed by atoms with Crippen LogP contribution in [0.5, 0.6) is 0 Å². The predicted molar refractivity (Wildman–Crippen MR) is 51.1 cm³/mol. The molecule has 0 radical (unpaired) electrons. The summed E-state index contributed by atoms with van der Waals surface area (Å²) >= 11 is 0. The SMILES string of the molecule is CC(C)(CO)CO.CCC(C)(O)O. The maximum atomic E-state index is 8.43. The molecule has 0 aromatic carbocycles. The number of aliphatic hydroxyl groups is 4. The van der Waals surface area contributed by atoms with E-state index in [4.69, 9.17) is 20.4 Å². The van der Waals surface area contributed by atoms with Gasteiger partial charge in [-0.15, -0.1) is 0 Å². The zero-order valence-corrected chi connectivity index (χ0v) is 8.91. The van der Waals surface area contributed by atoms with E-state index < -0.39 is 5.79 Å². The van der Waals surface area contributed by atoms with Crippen molar-refractivity contribution in [3.63, 3.8) is 0 Å². The molecule has 13 heavy (non-hydrogen) atoms. The Morgan fingerprint density at radius 1 is 0.923 bits per heavy atom. The summed E-state index contributed by atoms with van der Waals surface area (Å²) in [6, 6.07) is 0. The van der Waals surface area contributed by atoms with Gasteiger partial charge in [-0.25, -0.2) is 0 Å². The van der Waals surface area contributed by atoms with Crippen LogP contribution in [0.1, 0.15) is 34.1 Å². The van der Waals surface area contributed by atoms with E-state index in [-0.39, 0.29) is 18.6 Å². The molecule has 0 amide bonds. The van der Waals surface area contributed by atoms with Crippen LogP contribution in [0, 0.1) is 5.41 Å². The summed E-state index contributed by atoms with van der Waals surface area (Å²) in [5, 5.41) is 33.6. The highest BCUT2D eigenvalue weighted by Crippen LogP contribution is 2.10. The highest BCUT2D eigenvalue weighted by atomic mass is 16.5. The average molecular weight is 194 g/mol. The van der Waals surface area contributed by atoms with E-state index in [2.05, 4.69) is 0 Å². The molecule has 0 saturated heterocycles. The molecule has 0 atom stereocenters. The van der Waals surface area contributed by atoms with Crippen LogP contribution >= 0.6 is 0 Å². The van der Waals surface area contributed by atoms with Crippen LogP contribution in [0.4, 0.5) is 0 Å². The van der Waals surface area contributed by atoms with Gasteiger partial charge in [0.2, 0.25) is 0 Å². The minimum absolute atomic E-state index is 0.0451. The Balaban J connectivity index is 0. The van der Waals surface area contributed by atoms with Gasteiger partial charge in [0, 0.05) is 5.41 Å². The van der Waals surface area contributed by atoms with E-state index in [0.29, 0.717) is 6.42 Å². The summed E-state index contributed by atoms with van der Waals surface area (Å²) in [5.74, 6) is -1.46. The quantitative estimate of drug-likeness (QED) is 0.480. The molecule has 0 unspecified atom stereocenters. The van der Waals surface area contributed by atoms with Crippen molar-refractivity contribution in [1.82, 2.24) is 0 Å². The lowest BCUT2D eigenvalue weighted by Gasteiger charge is -2.16. The van der Waals surface area contributed by atoms with E-state index in [1.54, 1.807) is 20.8 Å². The number of aliphatic hydroxyl groups excluding tert-OH is 2. The highest BCUT2D eigenvalue weighted by Gasteiger charge is 2.13. The Hall–Kier alpha value is -0.160. The maximum absolute atomic E-state index is 8.43. The molecule has 4 N–H and O–H groups in total. The molecule has 0 rings (SSSR count). The lowest BCUT2D eigenvalue weighted by atomic mass is 9.97. The Bertz CT molecular complexity index is 109. The Morgan fingerprint density at radius 2 is 1.15 bits per heavy atom. The van der Waals surface area contributed by atoms with Gasteiger partial charge in [0.15, 0.2) is 5.79 Å². The van der Waals surface area contributed by atoms with Gasteiger partial charge in [-0.3, -0.25) is 0 Å². The van der Waals surface area contributed by atoms with Gasteiger partial charge in [-0.2, -0.15) is 0 Å². The molecule has 0 aromatic heterocycles. The molecule has 0 aliphatic heterocycles. The molecule has 0 spiro atoms. The second-order valence-electron chi connectivity index (χ2n) is 4.05. The summed E-state index contributed by atoms with van der Waals surface area (Å²) < 4.78 is 0. The van der Waals surface area contributed by atoms with Crippen LogP contribution < -0.4 is 0 Å². The highest BCUT2D eigenvalue weighted by molar-refractivity contribution is 4.62. The summed E-state index contributed by atoms with van der Waals surface area (Å²) in [6.45, 7) is 6.75. The second kappa shape index (κ2) is 6.32. The van der Waals surface area contributed by atoms with Gasteiger partial charge in [-0.05, 0) is 13.3 Å². The molecule has 0 heterocycles. The van der Waals surface area contributed by atoms with Crippen molar-refractivity contribution in [2.75, 3.05) is 13.2 Å². The number of rotatable bonds is 3. The lowest BCUT2D eigenvalue weighted by molar-refractivity contribution is -0.145. The zero-order chi connectivity index (χ0) is 11.1. The molecule has 0 aliphatic rings. The van der Waals surface area contributed by atoms with Crippen molar-refractivity contribution >= 4 is 0 Å². The first kappa shape index (κ1) is 15.3. The van der Waals surface area contributed by atoms with E-state index in [9.17, 15) is 0 Å². The molecule has 0 bridgehead atoms. The molecule has 0 aliphatic carbocycles. The largest absolute Gasteiger partial charge is 0.396 e. The topological polar surface area (TPSA) is 80.9 Å². The van der Waals surface area contributed by atoms with Gasteiger partial charge >= 0.3 is 0 Å². The van der Waals surface area contributed by atoms with Gasteiger partial charge < -0.3 is 20.4 Å². The van der Waals surface area contributed by atoms with E-state index in [1.165, 1.54) is 6.92 Å². The molecule has 0 aromatic rings. The normalized spacial score (nSPS) is 12.0. The van der Waals surface area contributed by atoms with Crippen LogP contribution in [0.3, 0.4) is 0 Å². The third-order valence-electron chi connectivity index (χ3n) is 1.53. The molecule has 4 heteroatoms. The van der Waals surface area contributed by atoms with Crippen LogP contribution in [0.15, 0.2) is 0 Å². The fourth-order valence-corrected chi connectivity index (χ4v) is 0.0500. The Kier molecular flexibility index (Phi) is 7.44. The Labute approximate surface area is 79.8 Å². The van der Waals surface area contributed by atoms with Crippen molar-refractivity contribution < 1.29 is 20.4 Å². The fourth-order valence-electron chi connectivity index (χ4n) is 0.0500. The van der Waals surface area contributed by atoms with Crippen molar-refractivity contribution in [2.45, 2.75) is 39.9 Å². The molecular formula is C9H22O4. The molecular weight excluding hydrogens is 172 g/mol. The fraction of sp³-hybridized carbons (Fsp3) is 1.00. The number of hydrogen-bond donors (Lipinski definition) is 4. The third kappa shape index (κ3) is 14.7. The van der Waals surface area contributed by atoms with Crippen molar-refractivity contribution in [3.8, 4) is 0 Å². The standard InChI is InChI=1S/C5H12O2.C4H10O2/c1-5(2,3-6)4-7;1-3-4(2,5)6/h6-7H,3-4H2,1-2H3;5-6H,3H2,1-2H3. The van der Waals surface area contributed by atoms with Gasteiger partial charge in [0.1, 0.15) is 0 Å². The summed E-state index contributed by atoms with van der Waals surface area (Å²) in [5.41, 5.74) is -0.306. The lowest BCUT2D eigenvalue weighted by Crippen LogP contribution is -2.20. The van der Waals surface area contributed by atoms with E-state index >= 15 is 0 Å². The van der Waals surface area contributed by atoms with E-state index in [1.807, 2.05) is 0 Å². The number of hydrogen-bond acceptors (Lipinski definition) is 4. The van der Waals surface area contributed by atoms with Gasteiger partial charge in [0.05, 0.1) is 13.2 Å². The van der Waals surface area contributed by atoms with Crippen molar-refractivity contribution in [2.24, 2.45) is 5.41 Å². The van der Waals surface area contributed by atoms with Crippen molar-refractivity contribution in [1.29, 1.82) is 0 Å². The first-order valence-corrected chi connectivity index (χ1v) is 4.35. The molecule has 82 valence electrons. The Morgan fingerprint density at radius 3 is 1.15 bits per heavy atom. The zero-order valence-electron chi connectivity index (χ0n) is 8.91. The van der Waals surface area contributed by atoms with Crippen LogP contribution in [0.2, 0.25) is 0 Å². The van der Waals surface area contributed by atoms with Crippen molar-refractivity contribution in [3.05, 3.63) is 0 Å². The minimum atomic E-state index is -1.46. The van der Waals surface area contributed by atoms with Crippen LogP contribution in [-0.4, -0.2) is 39.4 Å². The first-order valence-electron chi connectivity index (χ1n) is 4.35. The van der Waals surface area contributed by atoms with Gasteiger partial charge in [-0.1, -0.05) is 20.8 Å². The third-order valence-corrected chi connectivity index (χ3v) is 1.53. The summed E-state index contributed by atoms with van der Waals surface area (Å²) in [4.78, 5) is 0. The summed E-state index contributed by atoms with van der Waals surface area (Å²) in [6.07, 6.45) is 0.382. The van der Waals surface area contributed by atoms with Crippen LogP contribution in [-0.2, 0) is 0 Å². The maximum Gasteiger partial charge on any atom is 0.159 e. The summed E-state index contributed by atoms with van der Waals surface area (Å²) in [7, 11) is 0. The van der Waals surface area contributed by atoms with Gasteiger partial charge in [0.25, 0.3) is 0 Å².